The molecule has 1 N–H and O–H groups in total. The van der Waals surface area contributed by atoms with Crippen LogP contribution >= 0.6 is 0 Å². The molecule has 134 valence electrons. The van der Waals surface area contributed by atoms with E-state index in [2.05, 4.69) is 20.4 Å². The molecule has 2 aliphatic carbocycles. The van der Waals surface area contributed by atoms with Gasteiger partial charge in [-0.1, -0.05) is 53.7 Å². The molecule has 22 heavy (non-hydrogen) atoms. The third kappa shape index (κ3) is 7.23. The monoisotopic (exact) mass is 317 g/mol. The lowest BCUT2D eigenvalue weighted by Crippen LogP contribution is -2.29. The molecule has 0 amide bonds. The molecule has 2 nitrogen and oxygen atoms in total. The molecule has 0 aromatic carbocycles. The first-order chi connectivity index (χ1) is 10.5. The third-order valence-electron chi connectivity index (χ3n) is 4.74. The maximum absolute atomic E-state index is 10.0. The molecule has 2 fully saturated rings. The minimum atomic E-state index is 0.660. The van der Waals surface area contributed by atoms with Gasteiger partial charge in [-0.15, -0.1) is 4.48 Å². The van der Waals surface area contributed by atoms with Gasteiger partial charge in [0, 0.05) is 20.8 Å². The topological polar surface area (TPSA) is 21.3 Å². The van der Waals surface area contributed by atoms with Crippen molar-refractivity contribution in [3.05, 3.63) is 12.2 Å². The Balaban J connectivity index is 0. The number of hydrogen-bond acceptors (Lipinski definition) is 2. The molecule has 3 heteroatoms. The van der Waals surface area contributed by atoms with E-state index in [0.29, 0.717) is 5.41 Å². The molecule has 0 aromatic rings. The van der Waals surface area contributed by atoms with E-state index < -0.39 is 0 Å². The molecule has 0 radical (unpaired) electrons. The Morgan fingerprint density at radius 1 is 1.27 bits per heavy atom. The van der Waals surface area contributed by atoms with Gasteiger partial charge in [0.2, 0.25) is 0 Å². The summed E-state index contributed by atoms with van der Waals surface area (Å²) in [5.41, 5.74) is 3.36. The summed E-state index contributed by atoms with van der Waals surface area (Å²) < 4.78 is 15.4. The molecule has 0 saturated heterocycles. The van der Waals surface area contributed by atoms with Crippen LogP contribution in [0.15, 0.2) is 12.2 Å². The lowest BCUT2D eigenvalue weighted by molar-refractivity contribution is 0.0892. The number of hydrogen-bond donors (Lipinski definition) is 1. The van der Waals surface area contributed by atoms with E-state index in [1.54, 1.807) is 0 Å². The van der Waals surface area contributed by atoms with Crippen LogP contribution in [0.4, 0.5) is 4.48 Å². The van der Waals surface area contributed by atoms with Crippen LogP contribution in [0.2, 0.25) is 0 Å². The maximum Gasteiger partial charge on any atom is 0.0496 e. The van der Waals surface area contributed by atoms with Gasteiger partial charge in [0.05, 0.1) is 0 Å². The quantitative estimate of drug-likeness (QED) is 0.523. The van der Waals surface area contributed by atoms with Crippen molar-refractivity contribution in [3.8, 4) is 0 Å². The molecule has 4 unspecified atom stereocenters. The Morgan fingerprint density at radius 2 is 1.77 bits per heavy atom. The van der Waals surface area contributed by atoms with Crippen LogP contribution in [-0.4, -0.2) is 20.8 Å². The second kappa shape index (κ2) is 13.1. The van der Waals surface area contributed by atoms with Gasteiger partial charge in [-0.3, -0.25) is 0 Å². The lowest BCUT2D eigenvalue weighted by Gasteiger charge is -2.35. The van der Waals surface area contributed by atoms with Crippen LogP contribution in [0.5, 0.6) is 0 Å². The van der Waals surface area contributed by atoms with Crippen molar-refractivity contribution in [1.29, 1.82) is 0 Å². The van der Waals surface area contributed by atoms with Crippen molar-refractivity contribution in [2.45, 2.75) is 67.2 Å². The van der Waals surface area contributed by atoms with Gasteiger partial charge in [-0.05, 0) is 48.9 Å². The molecule has 0 aliphatic heterocycles. The van der Waals surface area contributed by atoms with Crippen LogP contribution in [0, 0.1) is 23.2 Å². The van der Waals surface area contributed by atoms with Gasteiger partial charge in [-0.25, -0.2) is 0 Å². The second-order valence-corrected chi connectivity index (χ2v) is 6.02. The van der Waals surface area contributed by atoms with E-state index in [1.165, 1.54) is 37.4 Å². The summed E-state index contributed by atoms with van der Waals surface area (Å²) >= 11 is 0. The summed E-state index contributed by atoms with van der Waals surface area (Å²) in [5.74, 6) is 2.44. The summed E-state index contributed by atoms with van der Waals surface area (Å²) in [6, 6.07) is 0. The van der Waals surface area contributed by atoms with E-state index in [9.17, 15) is 4.48 Å². The van der Waals surface area contributed by atoms with Crippen molar-refractivity contribution in [1.82, 2.24) is 5.54 Å². The fourth-order valence-corrected chi connectivity index (χ4v) is 3.46. The van der Waals surface area contributed by atoms with Crippen LogP contribution in [0.25, 0.3) is 0 Å². The van der Waals surface area contributed by atoms with Crippen LogP contribution in [0.3, 0.4) is 0 Å². The summed E-state index contributed by atoms with van der Waals surface area (Å²) in [5, 5.41) is 0. The maximum atomic E-state index is 10.0. The Labute approximate surface area is 138 Å². The Kier molecular flexibility index (Phi) is 14.2. The highest BCUT2D eigenvalue weighted by atomic mass is 19.2. The minimum Gasteiger partial charge on any atom is -0.384 e. The van der Waals surface area contributed by atoms with Gasteiger partial charge in [0.15, 0.2) is 0 Å². The van der Waals surface area contributed by atoms with E-state index >= 15 is 0 Å². The van der Waals surface area contributed by atoms with Gasteiger partial charge >= 0.3 is 0 Å². The average molecular weight is 318 g/mol. The predicted octanol–water partition coefficient (Wildman–Crippen LogP) is 5.79. The van der Waals surface area contributed by atoms with Crippen molar-refractivity contribution in [2.75, 3.05) is 20.8 Å². The van der Waals surface area contributed by atoms with E-state index in [4.69, 9.17) is 4.74 Å². The zero-order chi connectivity index (χ0) is 17.8. The summed E-state index contributed by atoms with van der Waals surface area (Å²) in [6.07, 6.45) is 5.30. The van der Waals surface area contributed by atoms with E-state index in [-0.39, 0.29) is 0 Å². The lowest BCUT2D eigenvalue weighted by atomic mass is 9.71. The smallest absolute Gasteiger partial charge is 0.0496 e. The molecular weight excluding hydrogens is 277 g/mol. The fraction of sp³-hybridized carbons (Fsp3) is 0.895. The summed E-state index contributed by atoms with van der Waals surface area (Å²) in [4.78, 5) is 0. The summed E-state index contributed by atoms with van der Waals surface area (Å²) in [6.45, 7) is 17.9. The number of methoxy groups -OCH3 is 1. The van der Waals surface area contributed by atoms with Gasteiger partial charge < -0.3 is 4.74 Å². The highest BCUT2D eigenvalue weighted by molar-refractivity contribution is 5.13. The molecule has 2 saturated carbocycles. The highest BCUT2D eigenvalue weighted by Gasteiger charge is 2.55. The first kappa shape index (κ1) is 23.9. The van der Waals surface area contributed by atoms with Crippen molar-refractivity contribution in [3.63, 3.8) is 0 Å². The van der Waals surface area contributed by atoms with E-state index in [0.717, 1.165) is 30.8 Å². The number of allylic oxidation sites excluding steroid dienone is 1. The molecule has 0 aromatic heterocycles. The van der Waals surface area contributed by atoms with Crippen molar-refractivity contribution in [2.24, 2.45) is 23.2 Å². The number of rotatable bonds is 4. The van der Waals surface area contributed by atoms with Gasteiger partial charge in [0.25, 0.3) is 0 Å². The summed E-state index contributed by atoms with van der Waals surface area (Å²) in [7, 11) is 3.03. The standard InChI is InChI=1S/C14H24O.2C2H6.CH4FN/c1-5-10(2)13-8-14(3)7-12(14)6-11(13)9-15-4;2*1-2;1-3-2/h11-13H,2,5-9H2,1,3-4H3;2*1-2H3;3H,1H3. The molecule has 0 heterocycles. The van der Waals surface area contributed by atoms with Gasteiger partial charge in [0.1, 0.15) is 0 Å². The number of halogens is 1. The number of nitrogens with one attached hydrogen (secondary N) is 1. The first-order valence-corrected chi connectivity index (χ1v) is 8.96. The molecule has 2 aliphatic rings. The number of fused-ring (bicyclic) bond motifs is 1. The molecule has 2 rings (SSSR count). The Morgan fingerprint density at radius 3 is 2.18 bits per heavy atom. The third-order valence-corrected chi connectivity index (χ3v) is 4.74. The largest absolute Gasteiger partial charge is 0.384 e. The fourth-order valence-electron chi connectivity index (χ4n) is 3.46. The molecular formula is C19H40FNO. The van der Waals surface area contributed by atoms with E-state index in [1.807, 2.05) is 34.8 Å². The average Bonchev–Trinajstić information content (AvgIpc) is 3.21. The van der Waals surface area contributed by atoms with Crippen molar-refractivity contribution < 1.29 is 9.22 Å². The van der Waals surface area contributed by atoms with Crippen LogP contribution in [-0.2, 0) is 4.74 Å². The Bertz CT molecular complexity index is 283. The van der Waals surface area contributed by atoms with Crippen LogP contribution < -0.4 is 5.54 Å². The Hall–Kier alpha value is -0.410. The molecule has 0 spiro atoms. The predicted molar refractivity (Wildman–Crippen MR) is 96.6 cm³/mol. The first-order valence-electron chi connectivity index (χ1n) is 8.96. The van der Waals surface area contributed by atoms with Gasteiger partial charge in [-0.2, -0.15) is 5.54 Å². The normalized spacial score (nSPS) is 31.0. The SMILES string of the molecule is C=C(CC)C1CC2(C)CC2CC1COC.CC.CC.CNF. The van der Waals surface area contributed by atoms with Crippen molar-refractivity contribution >= 4 is 0 Å². The molecule has 0 bridgehead atoms. The molecule has 4 atom stereocenters. The van der Waals surface area contributed by atoms with Crippen LogP contribution in [0.1, 0.15) is 67.2 Å². The minimum absolute atomic E-state index is 0.660. The zero-order valence-electron chi connectivity index (χ0n) is 16.3. The second-order valence-electron chi connectivity index (χ2n) is 6.02. The highest BCUT2D eigenvalue weighted by Crippen LogP contribution is 2.64. The number of ether oxygens (including phenoxy) is 1. The zero-order valence-corrected chi connectivity index (χ0v) is 16.3.